The van der Waals surface area contributed by atoms with Gasteiger partial charge in [-0.3, -0.25) is 9.59 Å². The van der Waals surface area contributed by atoms with Crippen LogP contribution in [0.15, 0.2) is 42.5 Å². The summed E-state index contributed by atoms with van der Waals surface area (Å²) >= 11 is 0. The normalized spacial score (nSPS) is 15.6. The number of nitrogens with two attached hydrogens (primary N) is 2. The van der Waals surface area contributed by atoms with Crippen LogP contribution < -0.4 is 20.9 Å². The Morgan fingerprint density at radius 1 is 1.17 bits per heavy atom. The molecule has 1 aliphatic rings. The molecule has 30 heavy (non-hydrogen) atoms. The monoisotopic (exact) mass is 407 g/mol. The van der Waals surface area contributed by atoms with Crippen LogP contribution in [-0.2, 0) is 22.6 Å². The van der Waals surface area contributed by atoms with Gasteiger partial charge in [-0.1, -0.05) is 30.3 Å². The van der Waals surface area contributed by atoms with Crippen LogP contribution in [-0.4, -0.2) is 30.1 Å². The van der Waals surface area contributed by atoms with E-state index in [1.807, 2.05) is 24.3 Å². The summed E-state index contributed by atoms with van der Waals surface area (Å²) in [6.07, 6.45) is 2.40. The van der Waals surface area contributed by atoms with E-state index in [1.54, 1.807) is 13.2 Å². The van der Waals surface area contributed by atoms with Crippen molar-refractivity contribution in [2.24, 2.45) is 11.5 Å². The summed E-state index contributed by atoms with van der Waals surface area (Å²) in [6, 6.07) is 13.8. The van der Waals surface area contributed by atoms with Gasteiger partial charge in [0.2, 0.25) is 5.91 Å². The number of methoxy groups -OCH3 is 1. The summed E-state index contributed by atoms with van der Waals surface area (Å²) in [5.41, 5.74) is 15.1. The third kappa shape index (κ3) is 3.58. The number of hydrogen-bond acceptors (Lipinski definition) is 4. The lowest BCUT2D eigenvalue weighted by Gasteiger charge is -2.22. The molecule has 0 fully saturated rings. The second-order valence-corrected chi connectivity index (χ2v) is 7.55. The largest absolute Gasteiger partial charge is 0.497 e. The molecule has 0 bridgehead atoms. The Morgan fingerprint density at radius 3 is 2.60 bits per heavy atom. The van der Waals surface area contributed by atoms with Crippen molar-refractivity contribution in [2.75, 3.05) is 13.7 Å². The highest BCUT2D eigenvalue weighted by molar-refractivity contribution is 5.98. The molecular weight excluding hydrogens is 382 g/mol. The second kappa shape index (κ2) is 8.10. The number of amides is 2. The van der Waals surface area contributed by atoms with E-state index < -0.39 is 11.8 Å². The molecule has 7 nitrogen and oxygen atoms in total. The fraction of sp³-hybridized carbons (Fsp3) is 0.304. The van der Waals surface area contributed by atoms with Gasteiger partial charge < -0.3 is 25.5 Å². The molecule has 1 heterocycles. The minimum atomic E-state index is -0.574. The van der Waals surface area contributed by atoms with Gasteiger partial charge in [-0.05, 0) is 30.4 Å². The van der Waals surface area contributed by atoms with E-state index in [1.165, 1.54) is 0 Å². The number of primary amides is 2. The molecule has 1 atom stereocenters. The average molecular weight is 407 g/mol. The molecule has 0 spiro atoms. The maximum atomic E-state index is 12.3. The van der Waals surface area contributed by atoms with Gasteiger partial charge in [0, 0.05) is 29.8 Å². The predicted molar refractivity (Wildman–Crippen MR) is 114 cm³/mol. The molecule has 0 saturated heterocycles. The second-order valence-electron chi connectivity index (χ2n) is 7.55. The molecular formula is C23H25N3O4. The van der Waals surface area contributed by atoms with Crippen molar-refractivity contribution in [3.63, 3.8) is 0 Å². The van der Waals surface area contributed by atoms with Crippen molar-refractivity contribution in [2.45, 2.75) is 31.7 Å². The third-order valence-electron chi connectivity index (χ3n) is 5.64. The molecule has 0 saturated carbocycles. The summed E-state index contributed by atoms with van der Waals surface area (Å²) in [5.74, 6) is -0.264. The molecule has 2 amide bonds. The summed E-state index contributed by atoms with van der Waals surface area (Å²) in [7, 11) is 1.58. The first kappa shape index (κ1) is 19.8. The first-order valence-corrected chi connectivity index (χ1v) is 9.97. The SMILES string of the molecule is COc1cc(OCC(N)=O)c2c3c(n(Cc4ccccc4)c2c1)CCCC3C(N)=O. The van der Waals surface area contributed by atoms with E-state index in [2.05, 4.69) is 16.7 Å². The van der Waals surface area contributed by atoms with Crippen molar-refractivity contribution >= 4 is 22.7 Å². The summed E-state index contributed by atoms with van der Waals surface area (Å²) in [5, 5.41) is 0.798. The van der Waals surface area contributed by atoms with Gasteiger partial charge in [-0.2, -0.15) is 0 Å². The maximum Gasteiger partial charge on any atom is 0.255 e. The first-order chi connectivity index (χ1) is 14.5. The van der Waals surface area contributed by atoms with Gasteiger partial charge in [0.05, 0.1) is 18.5 Å². The number of aromatic nitrogens is 1. The van der Waals surface area contributed by atoms with Crippen LogP contribution in [0, 0.1) is 0 Å². The summed E-state index contributed by atoms with van der Waals surface area (Å²) in [4.78, 5) is 23.7. The molecule has 0 radical (unpaired) electrons. The summed E-state index contributed by atoms with van der Waals surface area (Å²) in [6.45, 7) is 0.378. The Labute approximate surface area is 174 Å². The van der Waals surface area contributed by atoms with E-state index >= 15 is 0 Å². The zero-order valence-electron chi connectivity index (χ0n) is 16.9. The number of hydrogen-bond donors (Lipinski definition) is 2. The molecule has 1 aromatic heterocycles. The number of ether oxygens (including phenoxy) is 2. The van der Waals surface area contributed by atoms with Crippen LogP contribution in [0.5, 0.6) is 11.5 Å². The van der Waals surface area contributed by atoms with Crippen LogP contribution >= 0.6 is 0 Å². The Kier molecular flexibility index (Phi) is 5.35. The van der Waals surface area contributed by atoms with Crippen molar-refractivity contribution in [3.05, 3.63) is 59.3 Å². The Hall–Kier alpha value is -3.48. The Balaban J connectivity index is 1.99. The van der Waals surface area contributed by atoms with Gasteiger partial charge in [0.1, 0.15) is 11.5 Å². The quantitative estimate of drug-likeness (QED) is 0.627. The third-order valence-corrected chi connectivity index (χ3v) is 5.64. The minimum absolute atomic E-state index is 0.262. The highest BCUT2D eigenvalue weighted by atomic mass is 16.5. The first-order valence-electron chi connectivity index (χ1n) is 9.97. The standard InChI is InChI=1S/C23H25N3O4/c1-29-15-10-18-22(19(11-15)30-13-20(24)27)21-16(23(25)28)8-5-9-17(21)26(18)12-14-6-3-2-4-7-14/h2-4,6-7,10-11,16H,5,8-9,12-13H2,1H3,(H2,24,27)(H2,25,28). The maximum absolute atomic E-state index is 12.3. The number of carbonyl (C=O) groups is 2. The lowest BCUT2D eigenvalue weighted by Crippen LogP contribution is -2.25. The van der Waals surface area contributed by atoms with E-state index in [-0.39, 0.29) is 12.5 Å². The van der Waals surface area contributed by atoms with E-state index in [9.17, 15) is 9.59 Å². The van der Waals surface area contributed by atoms with Gasteiger partial charge in [-0.25, -0.2) is 0 Å². The molecule has 0 aliphatic heterocycles. The zero-order valence-corrected chi connectivity index (χ0v) is 16.9. The number of rotatable bonds is 7. The van der Waals surface area contributed by atoms with Crippen LogP contribution in [0.3, 0.4) is 0 Å². The number of nitrogens with zero attached hydrogens (tertiary/aromatic N) is 1. The van der Waals surface area contributed by atoms with Crippen LogP contribution in [0.4, 0.5) is 0 Å². The number of fused-ring (bicyclic) bond motifs is 3. The molecule has 1 unspecified atom stereocenters. The van der Waals surface area contributed by atoms with Gasteiger partial charge in [0.15, 0.2) is 6.61 Å². The van der Waals surface area contributed by atoms with Crippen molar-refractivity contribution in [3.8, 4) is 11.5 Å². The lowest BCUT2D eigenvalue weighted by atomic mass is 9.84. The van der Waals surface area contributed by atoms with Crippen LogP contribution in [0.25, 0.3) is 10.9 Å². The molecule has 1 aliphatic carbocycles. The number of benzene rings is 2. The number of carbonyl (C=O) groups excluding carboxylic acids is 2. The van der Waals surface area contributed by atoms with E-state index in [0.29, 0.717) is 24.5 Å². The van der Waals surface area contributed by atoms with E-state index in [0.717, 1.165) is 40.6 Å². The topological polar surface area (TPSA) is 110 Å². The van der Waals surface area contributed by atoms with E-state index in [4.69, 9.17) is 20.9 Å². The average Bonchev–Trinajstić information content (AvgIpc) is 3.06. The van der Waals surface area contributed by atoms with Crippen molar-refractivity contribution in [1.82, 2.24) is 4.57 Å². The Morgan fingerprint density at radius 2 is 1.93 bits per heavy atom. The highest BCUT2D eigenvalue weighted by Gasteiger charge is 2.33. The Bertz CT molecular complexity index is 1100. The van der Waals surface area contributed by atoms with Gasteiger partial charge in [-0.15, -0.1) is 0 Å². The molecule has 4 rings (SSSR count). The fourth-order valence-corrected chi connectivity index (χ4v) is 4.37. The highest BCUT2D eigenvalue weighted by Crippen LogP contribution is 2.45. The minimum Gasteiger partial charge on any atom is -0.497 e. The van der Waals surface area contributed by atoms with Crippen LogP contribution in [0.1, 0.15) is 35.6 Å². The molecule has 2 aromatic carbocycles. The molecule has 4 N–H and O–H groups in total. The van der Waals surface area contributed by atoms with Crippen molar-refractivity contribution < 1.29 is 19.1 Å². The predicted octanol–water partition coefficient (Wildman–Crippen LogP) is 2.47. The smallest absolute Gasteiger partial charge is 0.255 e. The van der Waals surface area contributed by atoms with Crippen LogP contribution in [0.2, 0.25) is 0 Å². The van der Waals surface area contributed by atoms with Gasteiger partial charge >= 0.3 is 0 Å². The van der Waals surface area contributed by atoms with Gasteiger partial charge in [0.25, 0.3) is 5.91 Å². The molecule has 156 valence electrons. The molecule has 7 heteroatoms. The fourth-order valence-electron chi connectivity index (χ4n) is 4.37. The lowest BCUT2D eigenvalue weighted by molar-refractivity contribution is -0.120. The van der Waals surface area contributed by atoms with Crippen molar-refractivity contribution in [1.29, 1.82) is 0 Å². The summed E-state index contributed by atoms with van der Waals surface area (Å²) < 4.78 is 13.4. The molecule has 3 aromatic rings. The zero-order chi connectivity index (χ0) is 21.3.